The minimum atomic E-state index is -0.506. The summed E-state index contributed by atoms with van der Waals surface area (Å²) < 4.78 is 18.0. The zero-order valence-corrected chi connectivity index (χ0v) is 26.6. The van der Waals surface area contributed by atoms with Crippen LogP contribution in [0.25, 0.3) is 0 Å². The first-order chi connectivity index (χ1) is 18.6. The molecule has 0 aromatic carbocycles. The van der Waals surface area contributed by atoms with E-state index >= 15 is 0 Å². The van der Waals surface area contributed by atoms with E-state index in [9.17, 15) is 5.11 Å². The Balaban J connectivity index is 1.09. The Labute approximate surface area is 241 Å². The summed E-state index contributed by atoms with van der Waals surface area (Å²) in [4.78, 5) is 0. The van der Waals surface area contributed by atoms with E-state index in [1.54, 1.807) is 0 Å². The van der Waals surface area contributed by atoms with Crippen molar-refractivity contribution in [3.63, 3.8) is 0 Å². The summed E-state index contributed by atoms with van der Waals surface area (Å²) >= 11 is 0. The Bertz CT molecular complexity index is 687. The fourth-order valence-electron chi connectivity index (χ4n) is 9.20. The van der Waals surface area contributed by atoms with Gasteiger partial charge >= 0.3 is 0 Å². The fourth-order valence-corrected chi connectivity index (χ4v) is 9.20. The molecule has 0 heterocycles. The third-order valence-electron chi connectivity index (χ3n) is 12.6. The van der Waals surface area contributed by atoms with Crippen LogP contribution < -0.4 is 0 Å². The highest BCUT2D eigenvalue weighted by molar-refractivity contribution is 4.92. The summed E-state index contributed by atoms with van der Waals surface area (Å²) in [6.07, 6.45) is 21.0. The molecule has 4 aliphatic rings. The summed E-state index contributed by atoms with van der Waals surface area (Å²) in [6, 6.07) is 0. The first-order valence-electron chi connectivity index (χ1n) is 17.0. The molecule has 1 atom stereocenters. The van der Waals surface area contributed by atoms with Gasteiger partial charge in [0, 0.05) is 7.11 Å². The van der Waals surface area contributed by atoms with Crippen LogP contribution in [0.2, 0.25) is 0 Å². The number of methoxy groups -OCH3 is 1. The Morgan fingerprint density at radius 1 is 0.538 bits per heavy atom. The van der Waals surface area contributed by atoms with Crippen molar-refractivity contribution in [1.29, 1.82) is 0 Å². The number of aliphatic hydroxyl groups is 1. The van der Waals surface area contributed by atoms with Crippen LogP contribution in [0.4, 0.5) is 0 Å². The van der Waals surface area contributed by atoms with Crippen molar-refractivity contribution in [3.05, 3.63) is 0 Å². The largest absolute Gasteiger partial charge is 0.388 e. The lowest BCUT2D eigenvalue weighted by Gasteiger charge is -2.46. The second kappa shape index (κ2) is 14.3. The highest BCUT2D eigenvalue weighted by Gasteiger charge is 2.42. The molecule has 0 radical (unpaired) electrons. The molecule has 4 heteroatoms. The quantitative estimate of drug-likeness (QED) is 0.281. The van der Waals surface area contributed by atoms with Crippen molar-refractivity contribution in [2.45, 2.75) is 162 Å². The molecule has 1 N–H and O–H groups in total. The van der Waals surface area contributed by atoms with Gasteiger partial charge in [0.15, 0.2) is 0 Å². The van der Waals surface area contributed by atoms with Crippen LogP contribution >= 0.6 is 0 Å². The molecule has 0 spiro atoms. The SMILES string of the molecule is COC1CCC(C(C)(C)C2CCC(OCC(O)COC3CCC(C(C)(C)C4CCC(C)CC4)CC3)CC2)CC1. The molecular weight excluding hydrogens is 484 g/mol. The molecule has 39 heavy (non-hydrogen) atoms. The average molecular weight is 549 g/mol. The second-order valence-electron chi connectivity index (χ2n) is 15.6. The van der Waals surface area contributed by atoms with Crippen molar-refractivity contribution in [2.24, 2.45) is 40.4 Å². The van der Waals surface area contributed by atoms with Gasteiger partial charge < -0.3 is 19.3 Å². The van der Waals surface area contributed by atoms with Gasteiger partial charge in [-0.2, -0.15) is 0 Å². The van der Waals surface area contributed by atoms with Gasteiger partial charge in [0.2, 0.25) is 0 Å². The highest BCUT2D eigenvalue weighted by atomic mass is 16.5. The van der Waals surface area contributed by atoms with Gasteiger partial charge in [0.25, 0.3) is 0 Å². The molecule has 4 saturated carbocycles. The number of aliphatic hydroxyl groups excluding tert-OH is 1. The third-order valence-corrected chi connectivity index (χ3v) is 12.6. The first-order valence-corrected chi connectivity index (χ1v) is 17.0. The lowest BCUT2D eigenvalue weighted by molar-refractivity contribution is -0.0869. The highest BCUT2D eigenvalue weighted by Crippen LogP contribution is 2.50. The van der Waals surface area contributed by atoms with Gasteiger partial charge in [-0.3, -0.25) is 0 Å². The normalized spacial score (nSPS) is 37.9. The van der Waals surface area contributed by atoms with Gasteiger partial charge in [-0.1, -0.05) is 47.5 Å². The zero-order valence-electron chi connectivity index (χ0n) is 26.6. The molecule has 0 amide bonds. The Hall–Kier alpha value is -0.160. The van der Waals surface area contributed by atoms with Crippen LogP contribution in [0.15, 0.2) is 0 Å². The van der Waals surface area contributed by atoms with E-state index in [0.29, 0.717) is 42.4 Å². The zero-order chi connectivity index (χ0) is 28.0. The molecule has 0 aromatic heterocycles. The average Bonchev–Trinajstić information content (AvgIpc) is 2.95. The summed E-state index contributed by atoms with van der Waals surface area (Å²) in [5.41, 5.74) is 0.858. The van der Waals surface area contributed by atoms with Crippen molar-refractivity contribution >= 4 is 0 Å². The van der Waals surface area contributed by atoms with Crippen LogP contribution in [-0.4, -0.2) is 49.8 Å². The maximum absolute atomic E-state index is 10.6. The molecular formula is C35H64O4. The minimum absolute atomic E-state index is 0.302. The molecule has 4 fully saturated rings. The molecule has 4 rings (SSSR count). The summed E-state index contributed by atoms with van der Waals surface area (Å²) in [7, 11) is 1.87. The molecule has 0 bridgehead atoms. The number of hydrogen-bond acceptors (Lipinski definition) is 4. The van der Waals surface area contributed by atoms with E-state index in [-0.39, 0.29) is 0 Å². The van der Waals surface area contributed by atoms with Gasteiger partial charge in [-0.05, 0) is 130 Å². The van der Waals surface area contributed by atoms with Crippen molar-refractivity contribution in [1.82, 2.24) is 0 Å². The van der Waals surface area contributed by atoms with E-state index in [0.717, 1.165) is 55.3 Å². The first kappa shape index (κ1) is 31.8. The Morgan fingerprint density at radius 3 is 1.18 bits per heavy atom. The standard InChI is InChI=1S/C35H64O4/c1-25-7-9-26(10-8-25)34(2,3)28-13-19-32(20-14-28)38-23-30(36)24-39-33-21-15-29(16-22-33)35(4,5)27-11-17-31(37-6)18-12-27/h25-33,36H,7-24H2,1-6H3. The van der Waals surface area contributed by atoms with Crippen LogP contribution in [0.1, 0.15) is 137 Å². The minimum Gasteiger partial charge on any atom is -0.388 e. The lowest BCUT2D eigenvalue weighted by atomic mass is 9.60. The summed E-state index contributed by atoms with van der Waals surface area (Å²) in [5, 5.41) is 10.6. The summed E-state index contributed by atoms with van der Waals surface area (Å²) in [6.45, 7) is 13.4. The van der Waals surface area contributed by atoms with Crippen molar-refractivity contribution < 1.29 is 19.3 Å². The molecule has 4 aliphatic carbocycles. The van der Waals surface area contributed by atoms with E-state index in [1.807, 2.05) is 7.11 Å². The second-order valence-corrected chi connectivity index (χ2v) is 15.6. The molecule has 228 valence electrons. The van der Waals surface area contributed by atoms with E-state index < -0.39 is 6.10 Å². The van der Waals surface area contributed by atoms with Gasteiger partial charge in [-0.25, -0.2) is 0 Å². The maximum Gasteiger partial charge on any atom is 0.101 e. The smallest absolute Gasteiger partial charge is 0.101 e. The van der Waals surface area contributed by atoms with E-state index in [2.05, 4.69) is 34.6 Å². The molecule has 1 unspecified atom stereocenters. The molecule has 0 aromatic rings. The molecule has 4 nitrogen and oxygen atoms in total. The monoisotopic (exact) mass is 548 g/mol. The van der Waals surface area contributed by atoms with Crippen LogP contribution in [0.5, 0.6) is 0 Å². The Kier molecular flexibility index (Phi) is 11.7. The van der Waals surface area contributed by atoms with Gasteiger partial charge in [0.1, 0.15) is 6.10 Å². The topological polar surface area (TPSA) is 47.9 Å². The molecule has 0 aliphatic heterocycles. The van der Waals surface area contributed by atoms with Crippen molar-refractivity contribution in [2.75, 3.05) is 20.3 Å². The third kappa shape index (κ3) is 8.45. The summed E-state index contributed by atoms with van der Waals surface area (Å²) in [5.74, 6) is 4.26. The fraction of sp³-hybridized carbons (Fsp3) is 1.00. The predicted octanol–water partition coefficient (Wildman–Crippen LogP) is 8.58. The predicted molar refractivity (Wildman–Crippen MR) is 161 cm³/mol. The van der Waals surface area contributed by atoms with Crippen LogP contribution in [0.3, 0.4) is 0 Å². The number of rotatable bonds is 11. The molecule has 0 saturated heterocycles. The number of hydrogen-bond donors (Lipinski definition) is 1. The van der Waals surface area contributed by atoms with Crippen LogP contribution in [0, 0.1) is 40.4 Å². The van der Waals surface area contributed by atoms with Gasteiger partial charge in [-0.15, -0.1) is 0 Å². The van der Waals surface area contributed by atoms with Crippen LogP contribution in [-0.2, 0) is 14.2 Å². The van der Waals surface area contributed by atoms with Gasteiger partial charge in [0.05, 0.1) is 31.5 Å². The van der Waals surface area contributed by atoms with E-state index in [4.69, 9.17) is 14.2 Å². The van der Waals surface area contributed by atoms with E-state index in [1.165, 1.54) is 77.0 Å². The number of ether oxygens (including phenoxy) is 3. The van der Waals surface area contributed by atoms with Crippen molar-refractivity contribution in [3.8, 4) is 0 Å². The maximum atomic E-state index is 10.6. The lowest BCUT2D eigenvalue weighted by Crippen LogP contribution is -2.39. The Morgan fingerprint density at radius 2 is 0.846 bits per heavy atom.